The number of hydrogen-bond donors (Lipinski definition) is 8. The molecule has 4 aliphatic rings. The van der Waals surface area contributed by atoms with E-state index < -0.39 is 0 Å². The Kier molecular flexibility index (Phi) is 22.4. The summed E-state index contributed by atoms with van der Waals surface area (Å²) < 4.78 is 16.7. The van der Waals surface area contributed by atoms with Gasteiger partial charge in [0.15, 0.2) is 0 Å². The second kappa shape index (κ2) is 30.9. The Morgan fingerprint density at radius 1 is 0.585 bits per heavy atom. The third-order valence-electron chi connectivity index (χ3n) is 14.3. The maximum Gasteiger partial charge on any atom is 0.246 e. The lowest BCUT2D eigenvalue weighted by Crippen LogP contribution is -2.45. The molecule has 0 aliphatic carbocycles. The van der Waals surface area contributed by atoms with Crippen LogP contribution in [0.3, 0.4) is 0 Å². The van der Waals surface area contributed by atoms with Gasteiger partial charge in [-0.3, -0.25) is 20.4 Å². The number of likely N-dealkylation sites (tertiary alicyclic amines) is 3. The topological polar surface area (TPSA) is 271 Å². The third-order valence-corrected chi connectivity index (χ3v) is 14.3. The number of anilines is 4. The summed E-state index contributed by atoms with van der Waals surface area (Å²) in [5, 5.41) is 31.1. The molecular formula is C62H77N15O5. The Bertz CT molecular complexity index is 3050. The third kappa shape index (κ3) is 17.7. The number of ether oxygens (including phenoxy) is 3. The van der Waals surface area contributed by atoms with Gasteiger partial charge < -0.3 is 61.6 Å². The number of carbonyl (C=O) groups excluding carboxylic acids is 2. The summed E-state index contributed by atoms with van der Waals surface area (Å²) in [5.41, 5.74) is 15.1. The van der Waals surface area contributed by atoms with E-state index >= 15 is 0 Å². The first kappa shape index (κ1) is 59.6. The molecule has 0 spiro atoms. The van der Waals surface area contributed by atoms with E-state index in [1.54, 1.807) is 17.1 Å². The maximum atomic E-state index is 12.9. The first-order chi connectivity index (χ1) is 40.0. The number of hydrogen-bond acceptors (Lipinski definition) is 18. The fraction of sp³-hybridized carbons (Fsp3) is 0.355. The van der Waals surface area contributed by atoms with Gasteiger partial charge >= 0.3 is 0 Å². The van der Waals surface area contributed by atoms with Crippen molar-refractivity contribution in [1.29, 1.82) is 10.8 Å². The van der Waals surface area contributed by atoms with E-state index in [1.165, 1.54) is 25.5 Å². The average molecular weight is 1110 g/mol. The Balaban J connectivity index is 0.000000200. The standard InChI is InChI=1S/C32H40N8O2.C26H29N7O2.C4H8O/c1-39-19-15-24(16-20-39)35-17-5-10-28(41)40-18-6-7-25(21-40)38-32-29(31(34)36-22-37-32)30(33)23-11-13-27(14-12-23)42-26-8-3-2-4-9-26;1-29-14-5-8-22(34)33-15-13-19(16-33)32-26-23(25(28)30-17-31-26)24(27)18-9-11-21(12-10-18)35-20-6-3-2-4-7-20;1-2-4-5-3-1/h2-5,8-14,22,24-25,33,35H,6-7,15-21H2,1H3,(H3,34,36,37,38);2-12,17,19,27,29H,13-16H2,1H3,(H3,28,30,31,32);1-4H2/b10-5+,33-30?;8-5+,27-24?;. The minimum absolute atomic E-state index is 0.000788. The summed E-state index contributed by atoms with van der Waals surface area (Å²) in [6.45, 7) is 8.02. The van der Waals surface area contributed by atoms with Crippen molar-refractivity contribution in [2.45, 2.75) is 63.1 Å². The second-order valence-corrected chi connectivity index (χ2v) is 20.4. The minimum atomic E-state index is -0.0176. The molecule has 20 heteroatoms. The Hall–Kier alpha value is -8.56. The number of amides is 2. The number of nitrogens with two attached hydrogens (primary N) is 2. The van der Waals surface area contributed by atoms with Gasteiger partial charge in [-0.1, -0.05) is 48.6 Å². The fourth-order valence-electron chi connectivity index (χ4n) is 9.79. The fourth-order valence-corrected chi connectivity index (χ4v) is 9.79. The zero-order chi connectivity index (χ0) is 57.5. The van der Waals surface area contributed by atoms with E-state index in [1.807, 2.05) is 133 Å². The Labute approximate surface area is 480 Å². The summed E-state index contributed by atoms with van der Waals surface area (Å²) >= 11 is 0. The maximum absolute atomic E-state index is 12.9. The summed E-state index contributed by atoms with van der Waals surface area (Å²) in [6.07, 6.45) is 17.1. The predicted molar refractivity (Wildman–Crippen MR) is 323 cm³/mol. The molecule has 2 unspecified atom stereocenters. The van der Waals surface area contributed by atoms with Gasteiger partial charge in [-0.05, 0) is 145 Å². The van der Waals surface area contributed by atoms with Crippen LogP contribution in [0.25, 0.3) is 0 Å². The van der Waals surface area contributed by atoms with Gasteiger partial charge in [0, 0.05) is 93.9 Å². The molecule has 2 atom stereocenters. The lowest BCUT2D eigenvalue weighted by molar-refractivity contribution is -0.127. The van der Waals surface area contributed by atoms with E-state index in [-0.39, 0.29) is 47.0 Å². The number of nitrogens with zero attached hydrogens (tertiary/aromatic N) is 7. The van der Waals surface area contributed by atoms with Gasteiger partial charge in [-0.2, -0.15) is 0 Å². The smallest absolute Gasteiger partial charge is 0.246 e. The zero-order valence-electron chi connectivity index (χ0n) is 46.9. The van der Waals surface area contributed by atoms with Crippen LogP contribution in [0.2, 0.25) is 0 Å². The van der Waals surface area contributed by atoms with Crippen LogP contribution < -0.4 is 42.2 Å². The van der Waals surface area contributed by atoms with Crippen molar-refractivity contribution in [3.05, 3.63) is 168 Å². The van der Waals surface area contributed by atoms with Crippen LogP contribution in [0.5, 0.6) is 23.0 Å². The van der Waals surface area contributed by atoms with Gasteiger partial charge in [-0.15, -0.1) is 0 Å². The highest BCUT2D eigenvalue weighted by Gasteiger charge is 2.28. The molecule has 10 rings (SSSR count). The summed E-state index contributed by atoms with van der Waals surface area (Å²) in [4.78, 5) is 48.4. The SMILES string of the molecule is C1CCOC1.CN1CCC(NC/C=C/C(=O)N2CCCC(Nc3ncnc(N)c3C(=N)c3ccc(Oc4ccccc4)cc3)C2)CC1.CNC/C=C/C(=O)N1CCC(Nc2ncnc(N)c2C(=N)c2ccc(Oc3ccccc3)cc2)C1. The molecule has 82 heavy (non-hydrogen) atoms. The first-order valence-electron chi connectivity index (χ1n) is 28.1. The van der Waals surface area contributed by atoms with E-state index in [9.17, 15) is 9.59 Å². The normalized spacial score (nSPS) is 17.3. The Morgan fingerprint density at radius 3 is 1.51 bits per heavy atom. The lowest BCUT2D eigenvalue weighted by atomic mass is 10.0. The molecule has 0 radical (unpaired) electrons. The van der Waals surface area contributed by atoms with Crippen LogP contribution in [-0.4, -0.2) is 156 Å². The van der Waals surface area contributed by atoms with Gasteiger partial charge in [0.05, 0.1) is 22.6 Å². The summed E-state index contributed by atoms with van der Waals surface area (Å²) in [5.74, 6) is 4.25. The molecule has 10 N–H and O–H groups in total. The van der Waals surface area contributed by atoms with E-state index in [0.29, 0.717) is 84.2 Å². The van der Waals surface area contributed by atoms with Crippen molar-refractivity contribution < 1.29 is 23.8 Å². The van der Waals surface area contributed by atoms with Crippen molar-refractivity contribution in [2.24, 2.45) is 0 Å². The van der Waals surface area contributed by atoms with Crippen molar-refractivity contribution in [3.63, 3.8) is 0 Å². The second-order valence-electron chi connectivity index (χ2n) is 20.4. The van der Waals surface area contributed by atoms with Crippen LogP contribution in [-0.2, 0) is 14.3 Å². The number of nitrogens with one attached hydrogen (secondary N) is 6. The largest absolute Gasteiger partial charge is 0.457 e. The molecule has 20 nitrogen and oxygen atoms in total. The highest BCUT2D eigenvalue weighted by Crippen LogP contribution is 2.29. The van der Waals surface area contributed by atoms with E-state index in [4.69, 9.17) is 36.5 Å². The summed E-state index contributed by atoms with van der Waals surface area (Å²) in [6, 6.07) is 34.1. The average Bonchev–Trinajstić information content (AvgIpc) is 4.35. The Morgan fingerprint density at radius 2 is 1.04 bits per heavy atom. The van der Waals surface area contributed by atoms with Crippen LogP contribution in [0.1, 0.15) is 67.2 Å². The van der Waals surface area contributed by atoms with Crippen LogP contribution in [0.4, 0.5) is 23.3 Å². The molecule has 6 aromatic rings. The lowest BCUT2D eigenvalue weighted by Gasteiger charge is -2.33. The molecule has 4 fully saturated rings. The number of rotatable bonds is 19. The van der Waals surface area contributed by atoms with Crippen molar-refractivity contribution in [3.8, 4) is 23.0 Å². The molecule has 4 aromatic carbocycles. The number of likely N-dealkylation sites (N-methyl/N-ethyl adjacent to an activating group) is 1. The first-order valence-corrected chi connectivity index (χ1v) is 28.1. The van der Waals surface area contributed by atoms with E-state index in [2.05, 4.69) is 53.2 Å². The number of nitrogen functional groups attached to an aromatic ring is 2. The molecular weight excluding hydrogens is 1030 g/mol. The van der Waals surface area contributed by atoms with E-state index in [0.717, 1.165) is 76.5 Å². The molecule has 4 aliphatic heterocycles. The number of carbonyl (C=O) groups is 2. The highest BCUT2D eigenvalue weighted by atomic mass is 16.5. The van der Waals surface area contributed by atoms with Crippen LogP contribution >= 0.6 is 0 Å². The molecule has 4 saturated heterocycles. The molecule has 6 heterocycles. The van der Waals surface area contributed by atoms with Gasteiger partial charge in [-0.25, -0.2) is 19.9 Å². The minimum Gasteiger partial charge on any atom is -0.457 e. The van der Waals surface area contributed by atoms with Crippen molar-refractivity contribution >= 4 is 46.5 Å². The van der Waals surface area contributed by atoms with Crippen LogP contribution in [0, 0.1) is 10.8 Å². The van der Waals surface area contributed by atoms with Crippen molar-refractivity contribution in [2.75, 3.05) is 102 Å². The number of piperidine rings is 2. The molecule has 2 aromatic heterocycles. The highest BCUT2D eigenvalue weighted by molar-refractivity contribution is 6.17. The predicted octanol–water partition coefficient (Wildman–Crippen LogP) is 7.76. The van der Waals surface area contributed by atoms with Gasteiger partial charge in [0.25, 0.3) is 0 Å². The number of benzene rings is 4. The zero-order valence-corrected chi connectivity index (χ0v) is 46.9. The molecule has 2 amide bonds. The monoisotopic (exact) mass is 1110 g/mol. The van der Waals surface area contributed by atoms with Gasteiger partial charge in [0.1, 0.15) is 58.9 Å². The number of para-hydroxylation sites is 2. The molecule has 0 saturated carbocycles. The van der Waals surface area contributed by atoms with Crippen molar-refractivity contribution in [1.82, 2.24) is 45.3 Å². The molecule has 430 valence electrons. The number of aromatic nitrogens is 4. The van der Waals surface area contributed by atoms with Crippen LogP contribution in [0.15, 0.2) is 146 Å². The summed E-state index contributed by atoms with van der Waals surface area (Å²) in [7, 11) is 3.99. The molecule has 0 bridgehead atoms. The van der Waals surface area contributed by atoms with Gasteiger partial charge in [0.2, 0.25) is 11.8 Å². The quantitative estimate of drug-likeness (QED) is 0.0284.